The molecular weight excluding hydrogens is 1300 g/mol. The van der Waals surface area contributed by atoms with Gasteiger partial charge in [0.05, 0.1) is 6.61 Å². The first-order valence-corrected chi connectivity index (χ1v) is 40.2. The number of unbranched alkanes of at least 4 members (excludes halogenated alkanes) is 34. The number of carbonyl (C=O) groups is 2. The first-order chi connectivity index (χ1) is 45.2. The van der Waals surface area contributed by atoms with Gasteiger partial charge in [-0.2, -0.15) is 0 Å². The molecule has 0 aliphatic carbocycles. The normalized spacial score (nSPS) is 19.8. The molecule has 0 bridgehead atoms. The van der Waals surface area contributed by atoms with Crippen LogP contribution in [0.2, 0.25) is 0 Å². The molecule has 5 aliphatic rings. The quantitative estimate of drug-likeness (QED) is 0.0243. The fourth-order valence-corrected chi connectivity index (χ4v) is 12.8. The molecule has 5 rings (SSSR count). The van der Waals surface area contributed by atoms with Crippen molar-refractivity contribution in [3.63, 3.8) is 0 Å². The summed E-state index contributed by atoms with van der Waals surface area (Å²) in [5.41, 5.74) is 0. The molecule has 5 unspecified atom stereocenters. The Balaban J connectivity index is -0.000000651. The molecule has 552 valence electrons. The zero-order valence-corrected chi connectivity index (χ0v) is 67.4. The molecule has 5 saturated heterocycles. The summed E-state index contributed by atoms with van der Waals surface area (Å²) in [7, 11) is 0. The van der Waals surface area contributed by atoms with Crippen molar-refractivity contribution in [1.29, 1.82) is 0 Å². The summed E-state index contributed by atoms with van der Waals surface area (Å²) in [4.78, 5) is 20.1. The summed E-state index contributed by atoms with van der Waals surface area (Å²) in [6, 6.07) is 0. The average Bonchev–Trinajstić information content (AvgIpc) is 3.60. The summed E-state index contributed by atoms with van der Waals surface area (Å²) >= 11 is 3.46. The van der Waals surface area contributed by atoms with Crippen LogP contribution < -0.4 is 51.4 Å². The zero-order chi connectivity index (χ0) is 64.7. The SMILES string of the molecule is BrCCCCCCCCCOC1CCCCO1.C(CCCCCCCCCOC1CCCCO1)CCCCCCCCCOC1CCCCO1.CCOC=O.O=COC(CCCCCCCCCOC1CCCCO1)CCCCCCCCCOC1CCCCO1.[H-].[H-].[K+].[Mg+2].[OH-]. The maximum atomic E-state index is 10.9. The van der Waals surface area contributed by atoms with E-state index in [0.717, 1.165) is 142 Å². The van der Waals surface area contributed by atoms with Crippen molar-refractivity contribution in [1.82, 2.24) is 0 Å². The second-order valence-corrected chi connectivity index (χ2v) is 27.2. The Bertz CT molecular complexity index is 1370. The molecule has 0 aromatic heterocycles. The molecule has 5 fully saturated rings. The second-order valence-electron chi connectivity index (χ2n) is 26.4. The van der Waals surface area contributed by atoms with E-state index in [4.69, 9.17) is 52.1 Å². The number of hydrogen-bond donors (Lipinski definition) is 0. The third-order valence-corrected chi connectivity index (χ3v) is 18.7. The van der Waals surface area contributed by atoms with Crippen LogP contribution in [0.5, 0.6) is 0 Å². The molecule has 0 spiro atoms. The first kappa shape index (κ1) is 97.4. The Hall–Kier alpha value is 1.38. The summed E-state index contributed by atoms with van der Waals surface area (Å²) in [5, 5.41) is 1.15. The molecule has 5 heterocycles. The number of rotatable bonds is 58. The molecule has 18 heteroatoms. The van der Waals surface area contributed by atoms with E-state index in [1.165, 1.54) is 283 Å². The minimum atomic E-state index is 0. The summed E-state index contributed by atoms with van der Waals surface area (Å²) in [6.45, 7) is 12.0. The minimum absolute atomic E-state index is 0. The van der Waals surface area contributed by atoms with Crippen LogP contribution in [-0.2, 0) is 66.4 Å². The van der Waals surface area contributed by atoms with Crippen molar-refractivity contribution in [3.8, 4) is 0 Å². The summed E-state index contributed by atoms with van der Waals surface area (Å²) in [5.74, 6) is 0. The van der Waals surface area contributed by atoms with Crippen LogP contribution in [0, 0.1) is 0 Å². The predicted octanol–water partition coefficient (Wildman–Crippen LogP) is 18.1. The van der Waals surface area contributed by atoms with Gasteiger partial charge in [0.25, 0.3) is 12.9 Å². The molecule has 5 atom stereocenters. The molecule has 0 amide bonds. The van der Waals surface area contributed by atoms with Crippen molar-refractivity contribution >= 4 is 51.9 Å². The van der Waals surface area contributed by atoms with Crippen LogP contribution in [-0.4, -0.2) is 157 Å². The Morgan fingerprint density at radius 3 is 0.723 bits per heavy atom. The van der Waals surface area contributed by atoms with E-state index in [1.54, 1.807) is 6.92 Å². The molecule has 0 aromatic rings. The molecule has 1 N–H and O–H groups in total. The van der Waals surface area contributed by atoms with Crippen molar-refractivity contribution in [2.75, 3.05) is 78.0 Å². The number of ether oxygens (including phenoxy) is 12. The van der Waals surface area contributed by atoms with Crippen LogP contribution in [0.4, 0.5) is 0 Å². The first-order valence-electron chi connectivity index (χ1n) is 39.0. The van der Waals surface area contributed by atoms with E-state index in [-0.39, 0.29) is 120 Å². The van der Waals surface area contributed by atoms with Crippen LogP contribution in [0.15, 0.2) is 0 Å². The predicted molar refractivity (Wildman–Crippen MR) is 385 cm³/mol. The number of halogens is 1. The monoisotopic (exact) mass is 1440 g/mol. The zero-order valence-electron chi connectivity index (χ0n) is 63.2. The van der Waals surface area contributed by atoms with Gasteiger partial charge in [-0.05, 0) is 167 Å². The smallest absolute Gasteiger partial charge is 1.00 e. The molecule has 15 nitrogen and oxygen atoms in total. The van der Waals surface area contributed by atoms with Gasteiger partial charge in [0.15, 0.2) is 31.5 Å². The van der Waals surface area contributed by atoms with E-state index in [9.17, 15) is 9.59 Å². The van der Waals surface area contributed by atoms with Crippen molar-refractivity contribution in [2.45, 2.75) is 398 Å². The summed E-state index contributed by atoms with van der Waals surface area (Å²) in [6.07, 6.45) is 70.2. The van der Waals surface area contributed by atoms with Gasteiger partial charge in [-0.15, -0.1) is 0 Å². The fraction of sp³-hybridized carbons (Fsp3) is 0.974. The van der Waals surface area contributed by atoms with E-state index in [1.807, 2.05) is 0 Å². The van der Waals surface area contributed by atoms with Crippen molar-refractivity contribution in [3.05, 3.63) is 0 Å². The van der Waals surface area contributed by atoms with Gasteiger partial charge in [0.2, 0.25) is 0 Å². The van der Waals surface area contributed by atoms with Gasteiger partial charge in [0, 0.05) is 71.4 Å². The Kier molecular flexibility index (Phi) is 84.7. The summed E-state index contributed by atoms with van der Waals surface area (Å²) < 4.78 is 66.3. The van der Waals surface area contributed by atoms with E-state index < -0.39 is 0 Å². The second kappa shape index (κ2) is 81.7. The molecule has 0 radical (unpaired) electrons. The minimum Gasteiger partial charge on any atom is -1.00 e. The van der Waals surface area contributed by atoms with Crippen molar-refractivity contribution < 1.29 is 126 Å². The Morgan fingerprint density at radius 1 is 0.340 bits per heavy atom. The van der Waals surface area contributed by atoms with Crippen LogP contribution in [0.1, 0.15) is 363 Å². The molecular formula is C76H148BrKMgO15. The Labute approximate surface area is 647 Å². The number of alkyl halides is 1. The average molecular weight is 1450 g/mol. The third kappa shape index (κ3) is 69.1. The molecule has 0 aromatic carbocycles. The van der Waals surface area contributed by atoms with Gasteiger partial charge < -0.3 is 65.2 Å². The number of carbonyl (C=O) groups excluding carboxylic acids is 2. The maximum absolute atomic E-state index is 10.9. The van der Waals surface area contributed by atoms with E-state index >= 15 is 0 Å². The Morgan fingerprint density at radius 2 is 0.553 bits per heavy atom. The molecule has 94 heavy (non-hydrogen) atoms. The number of hydrogen-bond acceptors (Lipinski definition) is 15. The molecule has 5 aliphatic heterocycles. The van der Waals surface area contributed by atoms with Gasteiger partial charge in [-0.3, -0.25) is 9.59 Å². The standard InChI is InChI=1S/C30H56O6.C29H56O4.C14H27BrO2.C3H6O2.K.Mg.H2O.2H/c31-27-36-28(19-11-7-3-1-5-9-15-23-32-29-21-13-17-25-34-29)20-12-8-4-2-6-10-16-24-33-30-22-14-18-26-35-30;1(2-4-6-8-10-12-14-18-24-30-28-22-16-20-26-32-28)3-5-7-9-11-13-15-19-25-31-29-23-17-21-27-33-29;15-11-7-4-2-1-3-5-8-12-16-14-10-6-9-13-17-14;1-2-5-3-4;;;;;/h27-30H,1-26H2;28-29H,1-27H2;14H,1-13H2;3H,2H2,1H3;;;1H2;;/q;;;;+1;+2;;2*-1/p-1. The van der Waals surface area contributed by atoms with Crippen LogP contribution in [0.3, 0.4) is 0 Å². The van der Waals surface area contributed by atoms with Gasteiger partial charge >= 0.3 is 74.4 Å². The van der Waals surface area contributed by atoms with E-state index in [0.29, 0.717) is 19.6 Å². The van der Waals surface area contributed by atoms with Gasteiger partial charge in [-0.25, -0.2) is 0 Å². The van der Waals surface area contributed by atoms with E-state index in [2.05, 4.69) is 20.7 Å². The third-order valence-electron chi connectivity index (χ3n) is 18.1. The van der Waals surface area contributed by atoms with Gasteiger partial charge in [0.1, 0.15) is 6.10 Å². The van der Waals surface area contributed by atoms with Crippen molar-refractivity contribution in [2.24, 2.45) is 0 Å². The van der Waals surface area contributed by atoms with Crippen LogP contribution in [0.25, 0.3) is 0 Å². The van der Waals surface area contributed by atoms with Crippen LogP contribution >= 0.6 is 15.9 Å². The maximum Gasteiger partial charge on any atom is 2.00 e. The topological polar surface area (TPSA) is 175 Å². The molecule has 0 saturated carbocycles. The van der Waals surface area contributed by atoms with Gasteiger partial charge in [-0.1, -0.05) is 209 Å². The fourth-order valence-electron chi connectivity index (χ4n) is 12.4. The largest absolute Gasteiger partial charge is 2.00 e.